The molecule has 2 aromatic rings. The molecule has 0 spiro atoms. The summed E-state index contributed by atoms with van der Waals surface area (Å²) in [5.74, 6) is 0.998. The highest BCUT2D eigenvalue weighted by molar-refractivity contribution is 9.11. The van der Waals surface area contributed by atoms with E-state index in [1.165, 1.54) is 11.3 Å². The van der Waals surface area contributed by atoms with Crippen LogP contribution in [0.3, 0.4) is 0 Å². The number of carbonyl (C=O) groups excluding carboxylic acids is 1. The van der Waals surface area contributed by atoms with Gasteiger partial charge in [-0.3, -0.25) is 4.79 Å². The molecular formula is C14H13BrN2O3S. The molecule has 2 heterocycles. The van der Waals surface area contributed by atoms with Crippen LogP contribution in [0.15, 0.2) is 22.0 Å². The molecule has 21 heavy (non-hydrogen) atoms. The minimum Gasteiger partial charge on any atom is -0.486 e. The number of anilines is 2. The third-order valence-corrected chi connectivity index (χ3v) is 5.18. The van der Waals surface area contributed by atoms with Crippen molar-refractivity contribution in [3.8, 4) is 11.5 Å². The molecule has 0 saturated carbocycles. The molecule has 1 aromatic heterocycles. The summed E-state index contributed by atoms with van der Waals surface area (Å²) in [7, 11) is 0. The largest absolute Gasteiger partial charge is 0.486 e. The Morgan fingerprint density at radius 1 is 1.29 bits per heavy atom. The Labute approximate surface area is 134 Å². The lowest BCUT2D eigenvalue weighted by Gasteiger charge is -2.20. The highest BCUT2D eigenvalue weighted by Crippen LogP contribution is 2.37. The standard InChI is InChI=1S/C14H13BrN2O3S/c1-7-4-12(21-13(7)15)14(18)17-9-6-11-10(5-8(9)16)19-2-3-20-11/h4-6H,2-3,16H2,1H3,(H,17,18). The van der Waals surface area contributed by atoms with Crippen LogP contribution in [0.5, 0.6) is 11.5 Å². The van der Waals surface area contributed by atoms with Crippen LogP contribution in [0.4, 0.5) is 11.4 Å². The summed E-state index contributed by atoms with van der Waals surface area (Å²) in [5, 5.41) is 2.81. The van der Waals surface area contributed by atoms with E-state index in [0.717, 1.165) is 9.35 Å². The molecule has 0 aliphatic carbocycles. The van der Waals surface area contributed by atoms with Crippen LogP contribution in [-0.4, -0.2) is 19.1 Å². The van der Waals surface area contributed by atoms with Crippen LogP contribution in [0.25, 0.3) is 0 Å². The van der Waals surface area contributed by atoms with Gasteiger partial charge in [-0.2, -0.15) is 0 Å². The molecule has 1 aromatic carbocycles. The number of aryl methyl sites for hydroxylation is 1. The molecule has 0 saturated heterocycles. The average Bonchev–Trinajstić information content (AvgIpc) is 2.79. The van der Waals surface area contributed by atoms with Crippen molar-refractivity contribution in [3.05, 3.63) is 32.4 Å². The van der Waals surface area contributed by atoms with E-state index >= 15 is 0 Å². The molecule has 3 N–H and O–H groups in total. The second-order valence-electron chi connectivity index (χ2n) is 4.60. The maximum Gasteiger partial charge on any atom is 0.265 e. The summed E-state index contributed by atoms with van der Waals surface area (Å²) >= 11 is 4.80. The second kappa shape index (κ2) is 5.57. The lowest BCUT2D eigenvalue weighted by atomic mass is 10.2. The average molecular weight is 369 g/mol. The number of carbonyl (C=O) groups is 1. The smallest absolute Gasteiger partial charge is 0.265 e. The Kier molecular flexibility index (Phi) is 3.77. The van der Waals surface area contributed by atoms with E-state index in [9.17, 15) is 4.79 Å². The lowest BCUT2D eigenvalue weighted by molar-refractivity contribution is 0.103. The minimum atomic E-state index is -0.197. The topological polar surface area (TPSA) is 73.6 Å². The predicted octanol–water partition coefficient (Wildman–Crippen LogP) is 3.42. The highest BCUT2D eigenvalue weighted by atomic mass is 79.9. The fourth-order valence-electron chi connectivity index (χ4n) is 1.97. The Morgan fingerprint density at radius 3 is 2.57 bits per heavy atom. The van der Waals surface area contributed by atoms with Crippen LogP contribution in [0.1, 0.15) is 15.2 Å². The van der Waals surface area contributed by atoms with Gasteiger partial charge in [0.25, 0.3) is 5.91 Å². The maximum absolute atomic E-state index is 12.3. The van der Waals surface area contributed by atoms with Gasteiger partial charge in [0.2, 0.25) is 0 Å². The van der Waals surface area contributed by atoms with E-state index in [1.54, 1.807) is 12.1 Å². The number of benzene rings is 1. The molecule has 0 unspecified atom stereocenters. The first-order chi connectivity index (χ1) is 10.0. The van der Waals surface area contributed by atoms with Crippen molar-refractivity contribution >= 4 is 44.5 Å². The highest BCUT2D eigenvalue weighted by Gasteiger charge is 2.17. The van der Waals surface area contributed by atoms with Gasteiger partial charge in [0, 0.05) is 12.1 Å². The molecule has 3 rings (SSSR count). The normalized spacial score (nSPS) is 13.0. The van der Waals surface area contributed by atoms with Crippen molar-refractivity contribution in [1.82, 2.24) is 0 Å². The van der Waals surface area contributed by atoms with Crippen molar-refractivity contribution in [1.29, 1.82) is 0 Å². The van der Waals surface area contributed by atoms with Gasteiger partial charge in [-0.25, -0.2) is 0 Å². The van der Waals surface area contributed by atoms with Gasteiger partial charge in [-0.15, -0.1) is 11.3 Å². The molecule has 0 radical (unpaired) electrons. The van der Waals surface area contributed by atoms with Gasteiger partial charge in [-0.1, -0.05) is 0 Å². The summed E-state index contributed by atoms with van der Waals surface area (Å²) in [6.45, 7) is 2.93. The summed E-state index contributed by atoms with van der Waals surface area (Å²) in [6, 6.07) is 5.19. The van der Waals surface area contributed by atoms with Crippen LogP contribution in [-0.2, 0) is 0 Å². The zero-order chi connectivity index (χ0) is 15.0. The van der Waals surface area contributed by atoms with E-state index in [2.05, 4.69) is 21.2 Å². The van der Waals surface area contributed by atoms with Gasteiger partial charge in [0.1, 0.15) is 13.2 Å². The quantitative estimate of drug-likeness (QED) is 0.796. The van der Waals surface area contributed by atoms with Crippen LogP contribution in [0.2, 0.25) is 0 Å². The van der Waals surface area contributed by atoms with E-state index in [4.69, 9.17) is 15.2 Å². The Morgan fingerprint density at radius 2 is 1.95 bits per heavy atom. The van der Waals surface area contributed by atoms with Crippen molar-refractivity contribution in [2.75, 3.05) is 24.3 Å². The zero-order valence-electron chi connectivity index (χ0n) is 11.2. The van der Waals surface area contributed by atoms with Crippen LogP contribution < -0.4 is 20.5 Å². The van der Waals surface area contributed by atoms with Crippen LogP contribution >= 0.6 is 27.3 Å². The number of nitrogens with one attached hydrogen (secondary N) is 1. The number of hydrogen-bond acceptors (Lipinski definition) is 5. The summed E-state index contributed by atoms with van der Waals surface area (Å²) < 4.78 is 11.9. The SMILES string of the molecule is Cc1cc(C(=O)Nc2cc3c(cc2N)OCCO3)sc1Br. The zero-order valence-corrected chi connectivity index (χ0v) is 13.6. The molecular weight excluding hydrogens is 356 g/mol. The predicted molar refractivity (Wildman–Crippen MR) is 86.6 cm³/mol. The number of hydrogen-bond donors (Lipinski definition) is 2. The first-order valence-corrected chi connectivity index (χ1v) is 7.92. The number of fused-ring (bicyclic) bond motifs is 1. The molecule has 1 amide bonds. The molecule has 5 nitrogen and oxygen atoms in total. The molecule has 110 valence electrons. The summed E-state index contributed by atoms with van der Waals surface area (Å²) in [5.41, 5.74) is 7.94. The number of ether oxygens (including phenoxy) is 2. The molecule has 1 aliphatic rings. The van der Waals surface area contributed by atoms with E-state index in [-0.39, 0.29) is 5.91 Å². The van der Waals surface area contributed by atoms with E-state index < -0.39 is 0 Å². The Hall–Kier alpha value is -1.73. The van der Waals surface area contributed by atoms with Crippen molar-refractivity contribution in [3.63, 3.8) is 0 Å². The number of amides is 1. The number of rotatable bonds is 2. The fourth-order valence-corrected chi connectivity index (χ4v) is 3.40. The third-order valence-electron chi connectivity index (χ3n) is 3.04. The molecule has 0 bridgehead atoms. The van der Waals surface area contributed by atoms with Crippen molar-refractivity contribution < 1.29 is 14.3 Å². The Bertz CT molecular complexity index is 695. The van der Waals surface area contributed by atoms with Gasteiger partial charge < -0.3 is 20.5 Å². The van der Waals surface area contributed by atoms with Gasteiger partial charge in [-0.05, 0) is 34.5 Å². The van der Waals surface area contributed by atoms with Gasteiger partial charge >= 0.3 is 0 Å². The molecule has 1 aliphatic heterocycles. The number of nitrogen functional groups attached to an aromatic ring is 1. The van der Waals surface area contributed by atoms with Gasteiger partial charge in [0.15, 0.2) is 11.5 Å². The fraction of sp³-hybridized carbons (Fsp3) is 0.214. The van der Waals surface area contributed by atoms with Gasteiger partial charge in [0.05, 0.1) is 20.0 Å². The molecule has 0 fully saturated rings. The van der Waals surface area contributed by atoms with E-state index in [0.29, 0.717) is 41.0 Å². The van der Waals surface area contributed by atoms with Crippen molar-refractivity contribution in [2.45, 2.75) is 6.92 Å². The monoisotopic (exact) mass is 368 g/mol. The first-order valence-electron chi connectivity index (χ1n) is 6.31. The van der Waals surface area contributed by atoms with Crippen LogP contribution in [0, 0.1) is 6.92 Å². The summed E-state index contributed by atoms with van der Waals surface area (Å²) in [4.78, 5) is 12.9. The second-order valence-corrected chi connectivity index (χ2v) is 6.97. The lowest BCUT2D eigenvalue weighted by Crippen LogP contribution is -2.17. The minimum absolute atomic E-state index is 0.197. The Balaban J connectivity index is 1.85. The number of nitrogens with two attached hydrogens (primary N) is 1. The molecule has 7 heteroatoms. The summed E-state index contributed by atoms with van der Waals surface area (Å²) in [6.07, 6.45) is 0. The first kappa shape index (κ1) is 14.2. The van der Waals surface area contributed by atoms with Crippen molar-refractivity contribution in [2.24, 2.45) is 0 Å². The molecule has 0 atom stereocenters. The third kappa shape index (κ3) is 2.84. The van der Waals surface area contributed by atoms with E-state index in [1.807, 2.05) is 13.0 Å². The maximum atomic E-state index is 12.3. The number of halogens is 1. The number of thiophene rings is 1.